The molecule has 10 heteroatoms. The van der Waals surface area contributed by atoms with E-state index in [2.05, 4.69) is 20.4 Å². The zero-order chi connectivity index (χ0) is 22.0. The molecule has 4 rings (SSSR count). The number of nitrogens with zero attached hydrogens (tertiary/aromatic N) is 5. The summed E-state index contributed by atoms with van der Waals surface area (Å²) in [6.07, 6.45) is 1.13. The summed E-state index contributed by atoms with van der Waals surface area (Å²) in [5, 5.41) is 7.47. The molecule has 0 aromatic carbocycles. The quantitative estimate of drug-likeness (QED) is 0.626. The first-order valence-electron chi connectivity index (χ1n) is 10.2. The van der Waals surface area contributed by atoms with Crippen molar-refractivity contribution in [3.8, 4) is 0 Å². The van der Waals surface area contributed by atoms with E-state index in [1.54, 1.807) is 17.8 Å². The minimum Gasteiger partial charge on any atom is -0.369 e. The van der Waals surface area contributed by atoms with E-state index in [1.807, 2.05) is 50.2 Å². The molecule has 9 nitrogen and oxygen atoms in total. The summed E-state index contributed by atoms with van der Waals surface area (Å²) in [4.78, 5) is 9.30. The molecule has 1 N–H and O–H groups in total. The summed E-state index contributed by atoms with van der Waals surface area (Å²) in [7, 11) is -3.67. The fourth-order valence-corrected chi connectivity index (χ4v) is 5.11. The second-order valence-electron chi connectivity index (χ2n) is 7.39. The molecule has 0 spiro atoms. The zero-order valence-corrected chi connectivity index (χ0v) is 18.6. The second-order valence-corrected chi connectivity index (χ2v) is 9.30. The molecule has 0 amide bonds. The Balaban J connectivity index is 1.54. The van der Waals surface area contributed by atoms with E-state index in [0.29, 0.717) is 42.7 Å². The van der Waals surface area contributed by atoms with Crippen molar-refractivity contribution < 1.29 is 13.2 Å². The van der Waals surface area contributed by atoms with Crippen LogP contribution in [0.3, 0.4) is 0 Å². The Morgan fingerprint density at radius 1 is 1.13 bits per heavy atom. The molecular formula is C21H26N6O3S. The van der Waals surface area contributed by atoms with Gasteiger partial charge in [0, 0.05) is 31.5 Å². The van der Waals surface area contributed by atoms with Crippen molar-refractivity contribution in [2.24, 2.45) is 0 Å². The standard InChI is InChI=1S/C21H26N6O3S/c1-4-26-14-19(16(3)25-26)31(28,29)27-11-12-30-18(13-27)17-8-6-10-21(23-17)24-20-9-5-7-15(2)22-20/h5-10,14,18H,4,11-13H2,1-3H3,(H,22,23,24)/t18-/m0/s1. The SMILES string of the molecule is CCn1cc(S(=O)(=O)N2CCO[C@H](c3cccc(Nc4cccc(C)n4)n3)C2)c(C)n1. The minimum atomic E-state index is -3.67. The van der Waals surface area contributed by atoms with Gasteiger partial charge in [0.2, 0.25) is 10.0 Å². The number of rotatable bonds is 6. The lowest BCUT2D eigenvalue weighted by Crippen LogP contribution is -2.42. The van der Waals surface area contributed by atoms with Gasteiger partial charge in [-0.3, -0.25) is 4.68 Å². The maximum atomic E-state index is 13.2. The molecule has 1 fully saturated rings. The number of hydrogen-bond donors (Lipinski definition) is 1. The maximum absolute atomic E-state index is 13.2. The number of hydrogen-bond acceptors (Lipinski definition) is 7. The second kappa shape index (κ2) is 8.74. The van der Waals surface area contributed by atoms with Gasteiger partial charge in [-0.15, -0.1) is 0 Å². The van der Waals surface area contributed by atoms with Crippen LogP contribution in [0.2, 0.25) is 0 Å². The van der Waals surface area contributed by atoms with Crippen LogP contribution in [-0.4, -0.2) is 52.2 Å². The first-order valence-corrected chi connectivity index (χ1v) is 11.6. The fourth-order valence-electron chi connectivity index (χ4n) is 3.52. The Morgan fingerprint density at radius 2 is 1.87 bits per heavy atom. The van der Waals surface area contributed by atoms with E-state index in [9.17, 15) is 8.42 Å². The molecule has 0 aliphatic carbocycles. The van der Waals surface area contributed by atoms with E-state index in [0.717, 1.165) is 5.69 Å². The smallest absolute Gasteiger partial charge is 0.246 e. The molecule has 3 aromatic heterocycles. The Kier molecular flexibility index (Phi) is 6.03. The Hall–Kier alpha value is -2.82. The third-order valence-corrected chi connectivity index (χ3v) is 7.09. The lowest BCUT2D eigenvalue weighted by molar-refractivity contribution is -0.00487. The number of aryl methyl sites for hydroxylation is 3. The summed E-state index contributed by atoms with van der Waals surface area (Å²) in [6, 6.07) is 11.3. The summed E-state index contributed by atoms with van der Waals surface area (Å²) in [5.74, 6) is 1.32. The fraction of sp³-hybridized carbons (Fsp3) is 0.381. The van der Waals surface area contributed by atoms with Crippen LogP contribution in [0.25, 0.3) is 0 Å². The summed E-state index contributed by atoms with van der Waals surface area (Å²) < 4.78 is 35.4. The van der Waals surface area contributed by atoms with Gasteiger partial charge in [-0.1, -0.05) is 12.1 Å². The molecule has 0 saturated carbocycles. The molecule has 3 aromatic rings. The average Bonchev–Trinajstić information content (AvgIpc) is 3.16. The van der Waals surface area contributed by atoms with E-state index in [4.69, 9.17) is 4.74 Å². The summed E-state index contributed by atoms with van der Waals surface area (Å²) >= 11 is 0. The minimum absolute atomic E-state index is 0.193. The zero-order valence-electron chi connectivity index (χ0n) is 17.8. The number of ether oxygens (including phenoxy) is 1. The average molecular weight is 443 g/mol. The Bertz CT molecular complexity index is 1180. The first-order chi connectivity index (χ1) is 14.9. The van der Waals surface area contributed by atoms with Crippen LogP contribution in [-0.2, 0) is 21.3 Å². The number of sulfonamides is 1. The molecule has 31 heavy (non-hydrogen) atoms. The van der Waals surface area contributed by atoms with Gasteiger partial charge in [-0.2, -0.15) is 9.40 Å². The monoisotopic (exact) mass is 442 g/mol. The third-order valence-electron chi connectivity index (χ3n) is 5.12. The van der Waals surface area contributed by atoms with Gasteiger partial charge in [0.1, 0.15) is 22.6 Å². The molecule has 4 heterocycles. The molecular weight excluding hydrogens is 416 g/mol. The van der Waals surface area contributed by atoms with Crippen molar-refractivity contribution >= 4 is 21.7 Å². The number of nitrogens with one attached hydrogen (secondary N) is 1. The van der Waals surface area contributed by atoms with Gasteiger partial charge < -0.3 is 10.1 Å². The number of morpholine rings is 1. The van der Waals surface area contributed by atoms with Crippen molar-refractivity contribution in [1.82, 2.24) is 24.1 Å². The molecule has 1 aliphatic rings. The lowest BCUT2D eigenvalue weighted by atomic mass is 10.2. The highest BCUT2D eigenvalue weighted by Crippen LogP contribution is 2.27. The third kappa shape index (κ3) is 4.60. The van der Waals surface area contributed by atoms with Crippen LogP contribution in [0.4, 0.5) is 11.6 Å². The predicted octanol–water partition coefficient (Wildman–Crippen LogP) is 2.82. The number of anilines is 2. The van der Waals surface area contributed by atoms with Crippen molar-refractivity contribution in [2.45, 2.75) is 38.3 Å². The van der Waals surface area contributed by atoms with Gasteiger partial charge >= 0.3 is 0 Å². The highest BCUT2D eigenvalue weighted by atomic mass is 32.2. The van der Waals surface area contributed by atoms with Gasteiger partial charge in [0.15, 0.2) is 0 Å². The highest BCUT2D eigenvalue weighted by molar-refractivity contribution is 7.89. The van der Waals surface area contributed by atoms with Gasteiger partial charge in [0.05, 0.1) is 18.0 Å². The van der Waals surface area contributed by atoms with Crippen LogP contribution in [0.15, 0.2) is 47.5 Å². The van der Waals surface area contributed by atoms with Crippen LogP contribution in [0.1, 0.15) is 30.1 Å². The van der Waals surface area contributed by atoms with E-state index >= 15 is 0 Å². The van der Waals surface area contributed by atoms with Gasteiger partial charge in [0.25, 0.3) is 0 Å². The molecule has 0 bridgehead atoms. The number of aromatic nitrogens is 4. The van der Waals surface area contributed by atoms with Gasteiger partial charge in [-0.05, 0) is 45.0 Å². The molecule has 1 aliphatic heterocycles. The molecule has 1 saturated heterocycles. The van der Waals surface area contributed by atoms with Crippen LogP contribution in [0.5, 0.6) is 0 Å². The van der Waals surface area contributed by atoms with Crippen molar-refractivity contribution in [3.63, 3.8) is 0 Å². The van der Waals surface area contributed by atoms with Crippen molar-refractivity contribution in [1.29, 1.82) is 0 Å². The van der Waals surface area contributed by atoms with Crippen molar-refractivity contribution in [3.05, 3.63) is 59.7 Å². The Morgan fingerprint density at radius 3 is 2.58 bits per heavy atom. The maximum Gasteiger partial charge on any atom is 0.246 e. The normalized spacial score (nSPS) is 17.6. The number of pyridine rings is 2. The van der Waals surface area contributed by atoms with E-state index in [-0.39, 0.29) is 11.4 Å². The molecule has 164 valence electrons. The summed E-state index contributed by atoms with van der Waals surface area (Å²) in [6.45, 7) is 6.95. The Labute approximate surface area is 182 Å². The molecule has 0 unspecified atom stereocenters. The topological polar surface area (TPSA) is 102 Å². The van der Waals surface area contributed by atoms with Crippen LogP contribution < -0.4 is 5.32 Å². The molecule has 1 atom stereocenters. The van der Waals surface area contributed by atoms with Crippen molar-refractivity contribution in [2.75, 3.05) is 25.0 Å². The first kappa shape index (κ1) is 21.4. The van der Waals surface area contributed by atoms with Gasteiger partial charge in [-0.25, -0.2) is 18.4 Å². The largest absolute Gasteiger partial charge is 0.369 e. The van der Waals surface area contributed by atoms with Crippen LogP contribution in [0, 0.1) is 13.8 Å². The highest BCUT2D eigenvalue weighted by Gasteiger charge is 2.34. The van der Waals surface area contributed by atoms with E-state index < -0.39 is 16.1 Å². The summed E-state index contributed by atoms with van der Waals surface area (Å²) in [5.41, 5.74) is 2.07. The molecule has 0 radical (unpaired) electrons. The van der Waals surface area contributed by atoms with Crippen LogP contribution >= 0.6 is 0 Å². The lowest BCUT2D eigenvalue weighted by Gasteiger charge is -2.31. The predicted molar refractivity (Wildman–Crippen MR) is 117 cm³/mol. The van der Waals surface area contributed by atoms with E-state index in [1.165, 1.54) is 4.31 Å².